The molecule has 0 fully saturated rings. The fourth-order valence-electron chi connectivity index (χ4n) is 2.88. The third-order valence-corrected chi connectivity index (χ3v) is 5.89. The van der Waals surface area contributed by atoms with Crippen LogP contribution in [0.4, 0.5) is 5.69 Å². The summed E-state index contributed by atoms with van der Waals surface area (Å²) in [5.74, 6) is -2.10. The Morgan fingerprint density at radius 2 is 1.27 bits per heavy atom. The molecule has 8 heteroatoms. The second kappa shape index (κ2) is 8.79. The average Bonchev–Trinajstić information content (AvgIpc) is 2.72. The van der Waals surface area contributed by atoms with Crippen molar-refractivity contribution >= 4 is 27.6 Å². The molecule has 0 aliphatic rings. The van der Waals surface area contributed by atoms with Crippen LogP contribution in [0.2, 0.25) is 0 Å². The van der Waals surface area contributed by atoms with Crippen LogP contribution in [0.1, 0.15) is 31.8 Å². The lowest BCUT2D eigenvalue weighted by Gasteiger charge is -2.10. The number of aromatic carboxylic acids is 2. The van der Waals surface area contributed by atoms with Crippen molar-refractivity contribution in [2.45, 2.75) is 17.7 Å². The van der Waals surface area contributed by atoms with E-state index in [0.29, 0.717) is 18.5 Å². The molecule has 0 amide bonds. The van der Waals surface area contributed by atoms with Gasteiger partial charge in [0.2, 0.25) is 0 Å². The first kappa shape index (κ1) is 21.1. The summed E-state index contributed by atoms with van der Waals surface area (Å²) < 4.78 is 27.6. The minimum absolute atomic E-state index is 0.00679. The van der Waals surface area contributed by atoms with Gasteiger partial charge < -0.3 is 10.2 Å². The van der Waals surface area contributed by atoms with Crippen LogP contribution in [-0.4, -0.2) is 30.6 Å². The van der Waals surface area contributed by atoms with Gasteiger partial charge in [-0.05, 0) is 72.5 Å². The second-order valence-corrected chi connectivity index (χ2v) is 8.32. The summed E-state index contributed by atoms with van der Waals surface area (Å²) in [6.07, 6.45) is 1.32. The predicted molar refractivity (Wildman–Crippen MR) is 111 cm³/mol. The Morgan fingerprint density at radius 1 is 0.733 bits per heavy atom. The van der Waals surface area contributed by atoms with Crippen molar-refractivity contribution in [1.82, 2.24) is 0 Å². The lowest BCUT2D eigenvalue weighted by Crippen LogP contribution is -2.13. The topological polar surface area (TPSA) is 121 Å². The highest BCUT2D eigenvalue weighted by atomic mass is 32.2. The SMILES string of the molecule is O=C(O)c1ccc(CCc2cccc(NS(=O)(=O)c3ccc(C(=O)O)cc3)c2)cc1. The van der Waals surface area contributed by atoms with Crippen LogP contribution in [0.5, 0.6) is 0 Å². The molecule has 0 aliphatic carbocycles. The van der Waals surface area contributed by atoms with E-state index in [1.807, 2.05) is 6.07 Å². The highest BCUT2D eigenvalue weighted by Gasteiger charge is 2.15. The zero-order valence-electron chi connectivity index (χ0n) is 15.8. The summed E-state index contributed by atoms with van der Waals surface area (Å²) in [5, 5.41) is 17.9. The molecule has 0 aliphatic heterocycles. The van der Waals surface area contributed by atoms with Crippen molar-refractivity contribution in [3.05, 3.63) is 95.1 Å². The third kappa shape index (κ3) is 5.24. The van der Waals surface area contributed by atoms with Gasteiger partial charge in [-0.25, -0.2) is 18.0 Å². The van der Waals surface area contributed by atoms with E-state index >= 15 is 0 Å². The molecule has 0 saturated heterocycles. The van der Waals surface area contributed by atoms with Crippen molar-refractivity contribution in [2.75, 3.05) is 4.72 Å². The number of nitrogens with one attached hydrogen (secondary N) is 1. The maximum absolute atomic E-state index is 12.6. The van der Waals surface area contributed by atoms with E-state index in [2.05, 4.69) is 4.72 Å². The Bertz CT molecular complexity index is 1170. The second-order valence-electron chi connectivity index (χ2n) is 6.64. The van der Waals surface area contributed by atoms with Gasteiger partial charge in [0.1, 0.15) is 0 Å². The molecule has 0 saturated carbocycles. The van der Waals surface area contributed by atoms with Crippen LogP contribution < -0.4 is 4.72 Å². The van der Waals surface area contributed by atoms with Gasteiger partial charge in [0.05, 0.1) is 16.0 Å². The number of aryl methyl sites for hydroxylation is 2. The van der Waals surface area contributed by atoms with Crippen molar-refractivity contribution in [3.8, 4) is 0 Å². The Balaban J connectivity index is 1.68. The van der Waals surface area contributed by atoms with E-state index in [0.717, 1.165) is 11.1 Å². The van der Waals surface area contributed by atoms with Gasteiger partial charge in [0, 0.05) is 5.69 Å². The monoisotopic (exact) mass is 425 g/mol. The van der Waals surface area contributed by atoms with E-state index < -0.39 is 22.0 Å². The molecule has 30 heavy (non-hydrogen) atoms. The summed E-state index contributed by atoms with van der Waals surface area (Å²) in [6.45, 7) is 0. The molecule has 0 aromatic heterocycles. The molecule has 0 unspecified atom stereocenters. The van der Waals surface area contributed by atoms with Crippen LogP contribution in [0, 0.1) is 0 Å². The summed E-state index contributed by atoms with van der Waals surface area (Å²) in [4.78, 5) is 21.8. The van der Waals surface area contributed by atoms with Crippen molar-refractivity contribution in [3.63, 3.8) is 0 Å². The van der Waals surface area contributed by atoms with Gasteiger partial charge in [-0.2, -0.15) is 0 Å². The Kier molecular flexibility index (Phi) is 6.17. The van der Waals surface area contributed by atoms with E-state index in [4.69, 9.17) is 10.2 Å². The standard InChI is InChI=1S/C22H19NO6S/c24-21(25)17-8-6-15(7-9-17)4-5-16-2-1-3-19(14-16)23-30(28,29)20-12-10-18(11-13-20)22(26)27/h1-3,6-14,23H,4-5H2,(H,24,25)(H,26,27). The number of hydrogen-bond acceptors (Lipinski definition) is 4. The van der Waals surface area contributed by atoms with E-state index in [1.54, 1.807) is 42.5 Å². The number of carboxylic acids is 2. The smallest absolute Gasteiger partial charge is 0.335 e. The summed E-state index contributed by atoms with van der Waals surface area (Å²) >= 11 is 0. The van der Waals surface area contributed by atoms with Crippen LogP contribution in [0.25, 0.3) is 0 Å². The molecule has 3 aromatic rings. The first-order chi connectivity index (χ1) is 14.2. The molecule has 0 radical (unpaired) electrons. The fraction of sp³-hybridized carbons (Fsp3) is 0.0909. The third-order valence-electron chi connectivity index (χ3n) is 4.49. The van der Waals surface area contributed by atoms with E-state index in [9.17, 15) is 18.0 Å². The number of sulfonamides is 1. The number of anilines is 1. The predicted octanol–water partition coefficient (Wildman–Crippen LogP) is 3.67. The minimum atomic E-state index is -3.85. The van der Waals surface area contributed by atoms with Gasteiger partial charge in [0.15, 0.2) is 0 Å². The quantitative estimate of drug-likeness (QED) is 0.506. The molecule has 0 spiro atoms. The molecule has 3 rings (SSSR count). The zero-order chi connectivity index (χ0) is 21.7. The lowest BCUT2D eigenvalue weighted by atomic mass is 10.0. The maximum atomic E-state index is 12.6. The molecule has 3 N–H and O–H groups in total. The number of carboxylic acid groups (broad SMARTS) is 2. The van der Waals surface area contributed by atoms with Crippen LogP contribution in [-0.2, 0) is 22.9 Å². The first-order valence-electron chi connectivity index (χ1n) is 9.02. The molecule has 154 valence electrons. The van der Waals surface area contributed by atoms with Crippen LogP contribution >= 0.6 is 0 Å². The van der Waals surface area contributed by atoms with Crippen molar-refractivity contribution in [1.29, 1.82) is 0 Å². The number of rotatable bonds is 8. The molecule has 3 aromatic carbocycles. The highest BCUT2D eigenvalue weighted by molar-refractivity contribution is 7.92. The first-order valence-corrected chi connectivity index (χ1v) is 10.5. The van der Waals surface area contributed by atoms with Gasteiger partial charge in [-0.15, -0.1) is 0 Å². The normalized spacial score (nSPS) is 11.1. The Morgan fingerprint density at radius 3 is 1.83 bits per heavy atom. The van der Waals surface area contributed by atoms with E-state index in [-0.39, 0.29) is 16.0 Å². The van der Waals surface area contributed by atoms with Crippen LogP contribution in [0.3, 0.4) is 0 Å². The van der Waals surface area contributed by atoms with Crippen molar-refractivity contribution < 1.29 is 28.2 Å². The van der Waals surface area contributed by atoms with Gasteiger partial charge in [0.25, 0.3) is 10.0 Å². The Labute approximate surface area is 173 Å². The zero-order valence-corrected chi connectivity index (χ0v) is 16.6. The highest BCUT2D eigenvalue weighted by Crippen LogP contribution is 2.19. The molecule has 0 atom stereocenters. The number of benzene rings is 3. The van der Waals surface area contributed by atoms with Gasteiger partial charge in [-0.1, -0.05) is 24.3 Å². The fourth-order valence-corrected chi connectivity index (χ4v) is 3.93. The summed E-state index contributed by atoms with van der Waals surface area (Å²) in [5.41, 5.74) is 2.53. The molecule has 7 nitrogen and oxygen atoms in total. The summed E-state index contributed by atoms with van der Waals surface area (Å²) in [7, 11) is -3.85. The lowest BCUT2D eigenvalue weighted by molar-refractivity contribution is 0.0686. The summed E-state index contributed by atoms with van der Waals surface area (Å²) in [6, 6.07) is 18.6. The van der Waals surface area contributed by atoms with E-state index in [1.165, 1.54) is 24.3 Å². The molecular weight excluding hydrogens is 406 g/mol. The number of hydrogen-bond donors (Lipinski definition) is 3. The largest absolute Gasteiger partial charge is 0.478 e. The van der Waals surface area contributed by atoms with Crippen molar-refractivity contribution in [2.24, 2.45) is 0 Å². The Hall–Kier alpha value is -3.65. The maximum Gasteiger partial charge on any atom is 0.335 e. The average molecular weight is 425 g/mol. The van der Waals surface area contributed by atoms with Gasteiger partial charge >= 0.3 is 11.9 Å². The molecule has 0 bridgehead atoms. The van der Waals surface area contributed by atoms with Crippen LogP contribution in [0.15, 0.2) is 77.7 Å². The van der Waals surface area contributed by atoms with Gasteiger partial charge in [-0.3, -0.25) is 4.72 Å². The number of carbonyl (C=O) groups is 2. The molecular formula is C22H19NO6S. The minimum Gasteiger partial charge on any atom is -0.478 e. The molecule has 0 heterocycles.